The van der Waals surface area contributed by atoms with Crippen molar-refractivity contribution in [2.45, 2.75) is 161 Å². The number of rotatable bonds is 23. The van der Waals surface area contributed by atoms with E-state index in [0.29, 0.717) is 18.6 Å². The lowest BCUT2D eigenvalue weighted by molar-refractivity contribution is -0.150. The third kappa shape index (κ3) is 14.9. The fourth-order valence-corrected chi connectivity index (χ4v) is 5.74. The molecule has 3 saturated heterocycles. The molecular weight excluding hydrogens is 448 g/mol. The number of hydrogen-bond acceptors (Lipinski definition) is 5. The molecule has 1 N–H and O–H groups in total. The lowest BCUT2D eigenvalue weighted by Crippen LogP contribution is -2.49. The number of fused-ring (bicyclic) bond motifs is 4. The highest BCUT2D eigenvalue weighted by Gasteiger charge is 2.31. The lowest BCUT2D eigenvalue weighted by atomic mass is 10.0. The zero-order chi connectivity index (χ0) is 25.7. The zero-order valence-corrected chi connectivity index (χ0v) is 24.1. The molecule has 0 aromatic carbocycles. The lowest BCUT2D eigenvalue weighted by Gasteiger charge is -2.36. The standard InChI is InChI=1S/C31H60N2O3/c1-3-5-7-9-12-16-20-29(21-17-13-10-8-6-4-2)36-31(34)22-18-14-11-15-19-23-33-26-30-25-32-24-28(33)27-35-30/h28-30,32H,3-27H2,1-2H3. The maximum Gasteiger partial charge on any atom is 0.306 e. The Labute approximate surface area is 223 Å². The molecule has 0 saturated carbocycles. The molecule has 0 aromatic rings. The van der Waals surface area contributed by atoms with Crippen molar-refractivity contribution in [1.82, 2.24) is 10.2 Å². The molecule has 3 aliphatic heterocycles. The van der Waals surface area contributed by atoms with E-state index in [9.17, 15) is 4.79 Å². The smallest absolute Gasteiger partial charge is 0.306 e. The van der Waals surface area contributed by atoms with Gasteiger partial charge >= 0.3 is 5.97 Å². The fourth-order valence-electron chi connectivity index (χ4n) is 5.74. The van der Waals surface area contributed by atoms with E-state index in [1.165, 1.54) is 103 Å². The summed E-state index contributed by atoms with van der Waals surface area (Å²) in [6.07, 6.45) is 24.7. The summed E-state index contributed by atoms with van der Waals surface area (Å²) in [5.41, 5.74) is 0. The Hall–Kier alpha value is -0.650. The fraction of sp³-hybridized carbons (Fsp3) is 0.968. The number of hydrogen-bond donors (Lipinski definition) is 1. The van der Waals surface area contributed by atoms with E-state index < -0.39 is 0 Å². The average molecular weight is 509 g/mol. The third-order valence-corrected chi connectivity index (χ3v) is 8.11. The van der Waals surface area contributed by atoms with Crippen molar-refractivity contribution in [1.29, 1.82) is 0 Å². The van der Waals surface area contributed by atoms with Crippen LogP contribution >= 0.6 is 0 Å². The molecule has 0 radical (unpaired) electrons. The van der Waals surface area contributed by atoms with Crippen LogP contribution in [0, 0.1) is 0 Å². The van der Waals surface area contributed by atoms with Gasteiger partial charge in [-0.25, -0.2) is 0 Å². The monoisotopic (exact) mass is 508 g/mol. The van der Waals surface area contributed by atoms with Crippen LogP contribution in [0.3, 0.4) is 0 Å². The SMILES string of the molecule is CCCCCCCCC(CCCCCCCC)OC(=O)CCCCCCCN1CC2CNCC1CO2. The molecule has 2 bridgehead atoms. The van der Waals surface area contributed by atoms with E-state index in [0.717, 1.165) is 51.9 Å². The first kappa shape index (κ1) is 31.6. The quantitative estimate of drug-likeness (QED) is 0.115. The molecule has 3 heterocycles. The van der Waals surface area contributed by atoms with Crippen molar-refractivity contribution in [3.8, 4) is 0 Å². The van der Waals surface area contributed by atoms with Gasteiger partial charge in [0.1, 0.15) is 6.10 Å². The summed E-state index contributed by atoms with van der Waals surface area (Å²) in [7, 11) is 0. The number of esters is 1. The van der Waals surface area contributed by atoms with Gasteiger partial charge < -0.3 is 14.8 Å². The number of morpholine rings is 1. The third-order valence-electron chi connectivity index (χ3n) is 8.11. The molecule has 0 aliphatic carbocycles. The highest BCUT2D eigenvalue weighted by Crippen LogP contribution is 2.19. The molecular formula is C31H60N2O3. The molecule has 3 rings (SSSR count). The highest BCUT2D eigenvalue weighted by atomic mass is 16.5. The predicted octanol–water partition coefficient (Wildman–Crippen LogP) is 7.41. The van der Waals surface area contributed by atoms with Crippen LogP contribution < -0.4 is 5.32 Å². The van der Waals surface area contributed by atoms with E-state index >= 15 is 0 Å². The Kier molecular flexibility index (Phi) is 18.7. The van der Waals surface area contributed by atoms with Crippen LogP contribution in [0.1, 0.15) is 142 Å². The van der Waals surface area contributed by atoms with Crippen LogP contribution in [-0.4, -0.2) is 61.9 Å². The van der Waals surface area contributed by atoms with E-state index in [1.807, 2.05) is 0 Å². The topological polar surface area (TPSA) is 50.8 Å². The number of unbranched alkanes of at least 4 members (excludes halogenated alkanes) is 14. The van der Waals surface area contributed by atoms with Crippen LogP contribution in [-0.2, 0) is 14.3 Å². The molecule has 5 nitrogen and oxygen atoms in total. The molecule has 5 heteroatoms. The Morgan fingerprint density at radius 3 is 2.06 bits per heavy atom. The first-order valence-electron chi connectivity index (χ1n) is 16.0. The minimum absolute atomic E-state index is 0.0463. The molecule has 36 heavy (non-hydrogen) atoms. The van der Waals surface area contributed by atoms with Crippen LogP contribution in [0.5, 0.6) is 0 Å². The molecule has 3 aliphatic rings. The minimum Gasteiger partial charge on any atom is -0.462 e. The average Bonchev–Trinajstić information content (AvgIpc) is 3.23. The molecule has 0 aromatic heterocycles. The maximum absolute atomic E-state index is 12.6. The summed E-state index contributed by atoms with van der Waals surface area (Å²) in [5, 5.41) is 3.51. The molecule has 3 fully saturated rings. The summed E-state index contributed by atoms with van der Waals surface area (Å²) in [6, 6.07) is 0.555. The first-order chi connectivity index (χ1) is 17.7. The predicted molar refractivity (Wildman–Crippen MR) is 152 cm³/mol. The Morgan fingerprint density at radius 1 is 0.806 bits per heavy atom. The second-order valence-electron chi connectivity index (χ2n) is 11.5. The van der Waals surface area contributed by atoms with Gasteiger partial charge in [0.15, 0.2) is 0 Å². The van der Waals surface area contributed by atoms with Crippen molar-refractivity contribution >= 4 is 5.97 Å². The normalized spacial score (nSPS) is 20.2. The molecule has 2 unspecified atom stereocenters. The van der Waals surface area contributed by atoms with Crippen LogP contribution in [0.25, 0.3) is 0 Å². The van der Waals surface area contributed by atoms with Crippen LogP contribution in [0.15, 0.2) is 0 Å². The van der Waals surface area contributed by atoms with Gasteiger partial charge in [0.05, 0.1) is 12.7 Å². The van der Waals surface area contributed by atoms with Crippen molar-refractivity contribution in [2.75, 3.05) is 32.8 Å². The minimum atomic E-state index is 0.0463. The second-order valence-corrected chi connectivity index (χ2v) is 11.5. The van der Waals surface area contributed by atoms with Crippen molar-refractivity contribution in [2.24, 2.45) is 0 Å². The Morgan fingerprint density at radius 2 is 1.39 bits per heavy atom. The highest BCUT2D eigenvalue weighted by molar-refractivity contribution is 5.69. The van der Waals surface area contributed by atoms with Gasteiger partial charge in [0.25, 0.3) is 0 Å². The number of nitrogens with zero attached hydrogens (tertiary/aromatic N) is 1. The molecule has 0 spiro atoms. The summed E-state index contributed by atoms with van der Waals surface area (Å²) < 4.78 is 11.9. The van der Waals surface area contributed by atoms with E-state index in [2.05, 4.69) is 24.1 Å². The van der Waals surface area contributed by atoms with Gasteiger partial charge in [-0.05, 0) is 45.1 Å². The summed E-state index contributed by atoms with van der Waals surface area (Å²) >= 11 is 0. The van der Waals surface area contributed by atoms with E-state index in [-0.39, 0.29) is 12.1 Å². The van der Waals surface area contributed by atoms with Crippen LogP contribution in [0.4, 0.5) is 0 Å². The van der Waals surface area contributed by atoms with Gasteiger partial charge in [0.2, 0.25) is 0 Å². The van der Waals surface area contributed by atoms with Gasteiger partial charge in [-0.15, -0.1) is 0 Å². The Bertz CT molecular complexity index is 510. The number of nitrogens with one attached hydrogen (secondary N) is 1. The number of carbonyl (C=O) groups excluding carboxylic acids is 1. The molecule has 2 atom stereocenters. The number of ether oxygens (including phenoxy) is 2. The summed E-state index contributed by atoms with van der Waals surface area (Å²) in [4.78, 5) is 15.2. The van der Waals surface area contributed by atoms with Gasteiger partial charge in [0, 0.05) is 32.1 Å². The maximum atomic E-state index is 12.6. The van der Waals surface area contributed by atoms with E-state index in [1.54, 1.807) is 0 Å². The van der Waals surface area contributed by atoms with Gasteiger partial charge in [-0.1, -0.05) is 97.3 Å². The summed E-state index contributed by atoms with van der Waals surface area (Å²) in [5.74, 6) is 0.0463. The second kappa shape index (κ2) is 21.3. The first-order valence-corrected chi connectivity index (χ1v) is 16.0. The molecule has 212 valence electrons. The largest absolute Gasteiger partial charge is 0.462 e. The van der Waals surface area contributed by atoms with Gasteiger partial charge in [-0.2, -0.15) is 0 Å². The zero-order valence-electron chi connectivity index (χ0n) is 24.1. The van der Waals surface area contributed by atoms with Crippen molar-refractivity contribution < 1.29 is 14.3 Å². The summed E-state index contributed by atoms with van der Waals surface area (Å²) in [6.45, 7) is 9.76. The number of carbonyl (C=O) groups is 1. The van der Waals surface area contributed by atoms with E-state index in [4.69, 9.17) is 9.47 Å². The molecule has 0 amide bonds. The van der Waals surface area contributed by atoms with Crippen molar-refractivity contribution in [3.05, 3.63) is 0 Å². The van der Waals surface area contributed by atoms with Crippen LogP contribution in [0.2, 0.25) is 0 Å². The Balaban J connectivity index is 1.52. The van der Waals surface area contributed by atoms with Crippen molar-refractivity contribution in [3.63, 3.8) is 0 Å². The van der Waals surface area contributed by atoms with Gasteiger partial charge in [-0.3, -0.25) is 9.69 Å².